The summed E-state index contributed by atoms with van der Waals surface area (Å²) < 4.78 is 28.6. The van der Waals surface area contributed by atoms with Crippen LogP contribution in [-0.4, -0.2) is 25.3 Å². The lowest BCUT2D eigenvalue weighted by atomic mass is 10.0. The van der Waals surface area contributed by atoms with Gasteiger partial charge in [-0.1, -0.05) is 31.2 Å². The zero-order valence-electron chi connectivity index (χ0n) is 10.9. The molecule has 0 fully saturated rings. The maximum absolute atomic E-state index is 12.2. The Morgan fingerprint density at radius 1 is 1.33 bits per heavy atom. The van der Waals surface area contributed by atoms with Crippen LogP contribution in [-0.2, 0) is 23.2 Å². The summed E-state index contributed by atoms with van der Waals surface area (Å²) in [6, 6.07) is 8.01. The van der Waals surface area contributed by atoms with Gasteiger partial charge in [-0.15, -0.1) is 0 Å². The maximum atomic E-state index is 12.2. The minimum Gasteiger partial charge on any atom is -0.199 e. The molecular weight excluding hydrogens is 248 g/mol. The van der Waals surface area contributed by atoms with Crippen LogP contribution in [0, 0.1) is 0 Å². The van der Waals surface area contributed by atoms with Crippen LogP contribution < -0.4 is 4.72 Å². The first-order chi connectivity index (χ1) is 8.53. The minimum absolute atomic E-state index is 0.0211. The van der Waals surface area contributed by atoms with E-state index >= 15 is 0 Å². The van der Waals surface area contributed by atoms with Crippen molar-refractivity contribution in [2.75, 3.05) is 6.54 Å². The quantitative estimate of drug-likeness (QED) is 0.903. The Balaban J connectivity index is 2.13. The zero-order chi connectivity index (χ0) is 13.2. The van der Waals surface area contributed by atoms with Crippen LogP contribution >= 0.6 is 0 Å². The van der Waals surface area contributed by atoms with E-state index in [2.05, 4.69) is 10.8 Å². The molecule has 1 atom stereocenters. The molecule has 0 spiro atoms. The van der Waals surface area contributed by atoms with Gasteiger partial charge in [0.15, 0.2) is 0 Å². The molecule has 2 rings (SSSR count). The van der Waals surface area contributed by atoms with Gasteiger partial charge in [0.2, 0.25) is 0 Å². The average molecular weight is 268 g/mol. The Labute approximate surface area is 109 Å². The summed E-state index contributed by atoms with van der Waals surface area (Å²) in [5.74, 6) is 0. The second kappa shape index (κ2) is 5.38. The van der Waals surface area contributed by atoms with E-state index in [1.165, 1.54) is 9.87 Å². The van der Waals surface area contributed by atoms with Gasteiger partial charge < -0.3 is 0 Å². The highest BCUT2D eigenvalue weighted by molar-refractivity contribution is 7.87. The fourth-order valence-corrected chi connectivity index (χ4v) is 3.55. The van der Waals surface area contributed by atoms with Crippen molar-refractivity contribution in [1.29, 1.82) is 0 Å². The van der Waals surface area contributed by atoms with Crippen molar-refractivity contribution in [2.45, 2.75) is 39.3 Å². The number of nitrogens with zero attached hydrogens (tertiary/aromatic N) is 1. The van der Waals surface area contributed by atoms with Crippen LogP contribution in [0.2, 0.25) is 0 Å². The highest BCUT2D eigenvalue weighted by Crippen LogP contribution is 2.20. The first-order valence-electron chi connectivity index (χ1n) is 6.37. The third kappa shape index (κ3) is 2.91. The molecule has 0 bridgehead atoms. The summed E-state index contributed by atoms with van der Waals surface area (Å²) in [5, 5.41) is 0. The summed E-state index contributed by atoms with van der Waals surface area (Å²) in [6.45, 7) is 4.89. The number of fused-ring (bicyclic) bond motifs is 1. The van der Waals surface area contributed by atoms with Crippen molar-refractivity contribution in [3.05, 3.63) is 35.4 Å². The van der Waals surface area contributed by atoms with Crippen LogP contribution in [0.15, 0.2) is 24.3 Å². The van der Waals surface area contributed by atoms with Crippen LogP contribution in [0.1, 0.15) is 31.4 Å². The largest absolute Gasteiger partial charge is 0.280 e. The lowest BCUT2D eigenvalue weighted by molar-refractivity contribution is 0.379. The van der Waals surface area contributed by atoms with E-state index in [4.69, 9.17) is 0 Å². The first kappa shape index (κ1) is 13.5. The zero-order valence-corrected chi connectivity index (χ0v) is 11.7. The van der Waals surface area contributed by atoms with Gasteiger partial charge in [-0.2, -0.15) is 17.4 Å². The molecule has 0 aromatic heterocycles. The molecule has 1 heterocycles. The van der Waals surface area contributed by atoms with E-state index in [1.807, 2.05) is 32.0 Å². The molecule has 1 unspecified atom stereocenters. The topological polar surface area (TPSA) is 49.4 Å². The average Bonchev–Trinajstić information content (AvgIpc) is 2.37. The van der Waals surface area contributed by atoms with Gasteiger partial charge in [0, 0.05) is 19.1 Å². The van der Waals surface area contributed by atoms with E-state index < -0.39 is 10.2 Å². The summed E-state index contributed by atoms with van der Waals surface area (Å²) >= 11 is 0. The molecule has 4 nitrogen and oxygen atoms in total. The van der Waals surface area contributed by atoms with Crippen LogP contribution in [0.25, 0.3) is 0 Å². The molecule has 0 aliphatic carbocycles. The lowest BCUT2D eigenvalue weighted by Gasteiger charge is -2.29. The molecule has 100 valence electrons. The summed E-state index contributed by atoms with van der Waals surface area (Å²) in [6.07, 6.45) is 1.58. The molecule has 0 saturated carbocycles. The number of hydrogen-bond acceptors (Lipinski definition) is 2. The van der Waals surface area contributed by atoms with Crippen molar-refractivity contribution in [3.8, 4) is 0 Å². The van der Waals surface area contributed by atoms with Crippen molar-refractivity contribution >= 4 is 10.2 Å². The third-order valence-electron chi connectivity index (χ3n) is 3.40. The van der Waals surface area contributed by atoms with Gasteiger partial charge in [-0.25, -0.2) is 0 Å². The van der Waals surface area contributed by atoms with Gasteiger partial charge in [0.25, 0.3) is 10.2 Å². The second-order valence-corrected chi connectivity index (χ2v) is 6.49. The lowest BCUT2D eigenvalue weighted by Crippen LogP contribution is -2.46. The molecule has 5 heteroatoms. The predicted octanol–water partition coefficient (Wildman–Crippen LogP) is 1.68. The Morgan fingerprint density at radius 3 is 2.67 bits per heavy atom. The van der Waals surface area contributed by atoms with Gasteiger partial charge in [-0.3, -0.25) is 0 Å². The molecule has 0 radical (unpaired) electrons. The predicted molar refractivity (Wildman–Crippen MR) is 72.4 cm³/mol. The highest BCUT2D eigenvalue weighted by Gasteiger charge is 2.27. The van der Waals surface area contributed by atoms with Crippen LogP contribution in [0.5, 0.6) is 0 Å². The van der Waals surface area contributed by atoms with Gasteiger partial charge in [0.05, 0.1) is 0 Å². The molecule has 1 aliphatic heterocycles. The Hall–Kier alpha value is -0.910. The van der Waals surface area contributed by atoms with E-state index in [-0.39, 0.29) is 6.04 Å². The monoisotopic (exact) mass is 268 g/mol. The minimum atomic E-state index is -3.35. The van der Waals surface area contributed by atoms with Gasteiger partial charge in [-0.05, 0) is 30.9 Å². The van der Waals surface area contributed by atoms with Gasteiger partial charge in [0.1, 0.15) is 0 Å². The Morgan fingerprint density at radius 2 is 2.00 bits per heavy atom. The molecular formula is C13H20N2O2S. The van der Waals surface area contributed by atoms with Crippen molar-refractivity contribution in [2.24, 2.45) is 0 Å². The molecule has 0 saturated heterocycles. The molecule has 1 aliphatic rings. The van der Waals surface area contributed by atoms with Crippen molar-refractivity contribution in [3.63, 3.8) is 0 Å². The number of benzene rings is 1. The summed E-state index contributed by atoms with van der Waals surface area (Å²) in [5.41, 5.74) is 2.37. The Kier molecular flexibility index (Phi) is 4.04. The number of nitrogens with one attached hydrogen (secondary N) is 1. The molecule has 1 N–H and O–H groups in total. The molecule has 18 heavy (non-hydrogen) atoms. The third-order valence-corrected chi connectivity index (χ3v) is 5.09. The standard InChI is InChI=1S/C13H20N2O2S/c1-3-11(2)14-18(16,17)15-9-8-12-6-4-5-7-13(12)10-15/h4-7,11,14H,3,8-10H2,1-2H3. The van der Waals surface area contributed by atoms with E-state index in [9.17, 15) is 8.42 Å². The summed E-state index contributed by atoms with van der Waals surface area (Å²) in [7, 11) is -3.35. The molecule has 1 aromatic carbocycles. The maximum Gasteiger partial charge on any atom is 0.280 e. The van der Waals surface area contributed by atoms with E-state index in [0.29, 0.717) is 13.1 Å². The van der Waals surface area contributed by atoms with Crippen molar-refractivity contribution < 1.29 is 8.42 Å². The second-order valence-electron chi connectivity index (χ2n) is 4.78. The van der Waals surface area contributed by atoms with Crippen molar-refractivity contribution in [1.82, 2.24) is 9.03 Å². The van der Waals surface area contributed by atoms with Crippen LogP contribution in [0.3, 0.4) is 0 Å². The van der Waals surface area contributed by atoms with Gasteiger partial charge >= 0.3 is 0 Å². The molecule has 0 amide bonds. The number of rotatable bonds is 4. The van der Waals surface area contributed by atoms with E-state index in [1.54, 1.807) is 0 Å². The smallest absolute Gasteiger partial charge is 0.199 e. The fraction of sp³-hybridized carbons (Fsp3) is 0.538. The number of hydrogen-bond donors (Lipinski definition) is 1. The SMILES string of the molecule is CCC(C)NS(=O)(=O)N1CCc2ccccc2C1. The Bertz CT molecular complexity index is 513. The van der Waals surface area contributed by atoms with Crippen LogP contribution in [0.4, 0.5) is 0 Å². The molecule has 1 aromatic rings. The summed E-state index contributed by atoms with van der Waals surface area (Å²) in [4.78, 5) is 0. The first-order valence-corrected chi connectivity index (χ1v) is 7.81. The van der Waals surface area contributed by atoms with E-state index in [0.717, 1.165) is 18.4 Å². The normalized spacial score (nSPS) is 18.3. The highest BCUT2D eigenvalue weighted by atomic mass is 32.2. The fourth-order valence-electron chi connectivity index (χ4n) is 2.09.